The van der Waals surface area contributed by atoms with Crippen LogP contribution in [0.5, 0.6) is 0 Å². The molecule has 1 aliphatic heterocycles. The molecule has 37 heavy (non-hydrogen) atoms. The number of rotatable bonds is 10. The topological polar surface area (TPSA) is 106 Å². The van der Waals surface area contributed by atoms with Gasteiger partial charge in [0.2, 0.25) is 11.8 Å². The molecule has 1 saturated carbocycles. The first-order chi connectivity index (χ1) is 17.9. The SMILES string of the molecule is C=C[C@@H](N)CC(=O)N[C@H](Cc1ccc(Cl)cc1)C(=O)N1CCC(Cn2cncn2)(C2CCCCC2)CC1. The third kappa shape index (κ3) is 7.20. The highest BCUT2D eigenvalue weighted by atomic mass is 35.5. The van der Waals surface area contributed by atoms with E-state index in [1.807, 2.05) is 21.7 Å². The third-order valence-corrected chi connectivity index (χ3v) is 8.45. The lowest BCUT2D eigenvalue weighted by Crippen LogP contribution is -2.55. The molecule has 200 valence electrons. The van der Waals surface area contributed by atoms with E-state index in [1.54, 1.807) is 30.9 Å². The van der Waals surface area contributed by atoms with E-state index in [9.17, 15) is 9.59 Å². The Balaban J connectivity index is 1.47. The van der Waals surface area contributed by atoms with E-state index >= 15 is 0 Å². The number of aromatic nitrogens is 3. The van der Waals surface area contributed by atoms with E-state index in [0.717, 1.165) is 24.9 Å². The van der Waals surface area contributed by atoms with Crippen LogP contribution in [0.2, 0.25) is 5.02 Å². The maximum atomic E-state index is 13.8. The molecule has 8 nitrogen and oxygen atoms in total. The summed E-state index contributed by atoms with van der Waals surface area (Å²) in [6.45, 7) is 5.83. The first kappa shape index (κ1) is 27.3. The van der Waals surface area contributed by atoms with Crippen molar-refractivity contribution in [3.8, 4) is 0 Å². The molecule has 0 radical (unpaired) electrons. The Bertz CT molecular complexity index is 1030. The smallest absolute Gasteiger partial charge is 0.245 e. The predicted molar refractivity (Wildman–Crippen MR) is 145 cm³/mol. The van der Waals surface area contributed by atoms with E-state index in [2.05, 4.69) is 22.0 Å². The van der Waals surface area contributed by atoms with Gasteiger partial charge in [0.15, 0.2) is 0 Å². The Morgan fingerprint density at radius 3 is 2.51 bits per heavy atom. The zero-order chi connectivity index (χ0) is 26.3. The summed E-state index contributed by atoms with van der Waals surface area (Å²) in [7, 11) is 0. The van der Waals surface area contributed by atoms with Crippen LogP contribution in [0.15, 0.2) is 49.6 Å². The highest BCUT2D eigenvalue weighted by molar-refractivity contribution is 6.30. The zero-order valence-corrected chi connectivity index (χ0v) is 22.3. The number of hydrogen-bond acceptors (Lipinski definition) is 5. The fourth-order valence-electron chi connectivity index (χ4n) is 6.05. The van der Waals surface area contributed by atoms with Gasteiger partial charge in [0.05, 0.1) is 0 Å². The highest BCUT2D eigenvalue weighted by Crippen LogP contribution is 2.47. The third-order valence-electron chi connectivity index (χ3n) is 8.20. The van der Waals surface area contributed by atoms with Crippen molar-refractivity contribution < 1.29 is 9.59 Å². The van der Waals surface area contributed by atoms with Crippen molar-refractivity contribution in [2.75, 3.05) is 13.1 Å². The van der Waals surface area contributed by atoms with Crippen LogP contribution in [0.3, 0.4) is 0 Å². The number of nitrogens with zero attached hydrogens (tertiary/aromatic N) is 4. The minimum absolute atomic E-state index is 0.0477. The zero-order valence-electron chi connectivity index (χ0n) is 21.5. The molecule has 2 aromatic rings. The molecule has 1 aromatic heterocycles. The molecule has 1 saturated heterocycles. The number of amides is 2. The number of nitrogens with two attached hydrogens (primary N) is 1. The number of hydrogen-bond donors (Lipinski definition) is 2. The average Bonchev–Trinajstić information content (AvgIpc) is 3.43. The lowest BCUT2D eigenvalue weighted by molar-refractivity contribution is -0.139. The van der Waals surface area contributed by atoms with Crippen LogP contribution in [0.25, 0.3) is 0 Å². The average molecular weight is 527 g/mol. The number of carbonyl (C=O) groups is 2. The standard InChI is InChI=1S/C28H39ClN6O2/c1-2-24(30)17-26(36)33-25(16-21-8-10-23(29)11-9-21)27(37)34-14-12-28(13-15-34,18-35-20-31-19-32-35)22-6-4-3-5-7-22/h2,8-11,19-20,22,24-25H,1,3-7,12-18,30H2,(H,33,36)/t24-,25-/m1/s1. The Kier molecular flexibility index (Phi) is 9.38. The van der Waals surface area contributed by atoms with Crippen LogP contribution in [0.4, 0.5) is 0 Å². The summed E-state index contributed by atoms with van der Waals surface area (Å²) in [5.41, 5.74) is 6.94. The predicted octanol–water partition coefficient (Wildman–Crippen LogP) is 3.75. The van der Waals surface area contributed by atoms with Crippen molar-refractivity contribution in [3.63, 3.8) is 0 Å². The van der Waals surface area contributed by atoms with Crippen LogP contribution in [-0.2, 0) is 22.6 Å². The van der Waals surface area contributed by atoms with Gasteiger partial charge in [0.1, 0.15) is 18.7 Å². The van der Waals surface area contributed by atoms with Crippen LogP contribution >= 0.6 is 11.6 Å². The molecule has 3 N–H and O–H groups in total. The normalized spacial score (nSPS) is 19.7. The summed E-state index contributed by atoms with van der Waals surface area (Å²) in [5.74, 6) is 0.334. The molecular weight excluding hydrogens is 488 g/mol. The maximum Gasteiger partial charge on any atom is 0.245 e. The molecule has 2 heterocycles. The van der Waals surface area contributed by atoms with Crippen molar-refractivity contribution >= 4 is 23.4 Å². The lowest BCUT2D eigenvalue weighted by Gasteiger charge is -2.48. The Morgan fingerprint density at radius 1 is 1.19 bits per heavy atom. The summed E-state index contributed by atoms with van der Waals surface area (Å²) < 4.78 is 1.96. The monoisotopic (exact) mass is 526 g/mol. The Morgan fingerprint density at radius 2 is 1.89 bits per heavy atom. The molecule has 2 aliphatic rings. The largest absolute Gasteiger partial charge is 0.344 e. The van der Waals surface area contributed by atoms with E-state index in [4.69, 9.17) is 17.3 Å². The van der Waals surface area contributed by atoms with Gasteiger partial charge in [-0.25, -0.2) is 4.98 Å². The number of benzene rings is 1. The quantitative estimate of drug-likeness (QED) is 0.458. The molecule has 2 fully saturated rings. The van der Waals surface area contributed by atoms with Gasteiger partial charge in [-0.1, -0.05) is 49.1 Å². The minimum Gasteiger partial charge on any atom is -0.344 e. The van der Waals surface area contributed by atoms with E-state index < -0.39 is 12.1 Å². The summed E-state index contributed by atoms with van der Waals surface area (Å²) in [5, 5.41) is 7.98. The van der Waals surface area contributed by atoms with E-state index in [1.165, 1.54) is 32.1 Å². The van der Waals surface area contributed by atoms with Crippen LogP contribution in [0.1, 0.15) is 56.9 Å². The number of piperidine rings is 1. The maximum absolute atomic E-state index is 13.8. The summed E-state index contributed by atoms with van der Waals surface area (Å²) in [4.78, 5) is 32.5. The number of nitrogens with one attached hydrogen (secondary N) is 1. The van der Waals surface area contributed by atoms with Crippen molar-refractivity contribution in [2.24, 2.45) is 17.1 Å². The molecule has 0 spiro atoms. The van der Waals surface area contributed by atoms with Gasteiger partial charge in [-0.15, -0.1) is 6.58 Å². The molecule has 0 unspecified atom stereocenters. The van der Waals surface area contributed by atoms with E-state index in [-0.39, 0.29) is 23.7 Å². The van der Waals surface area contributed by atoms with Gasteiger partial charge < -0.3 is 16.0 Å². The summed E-state index contributed by atoms with van der Waals surface area (Å²) in [6.07, 6.45) is 13.6. The van der Waals surface area contributed by atoms with Crippen LogP contribution in [-0.4, -0.2) is 56.7 Å². The first-order valence-electron chi connectivity index (χ1n) is 13.4. The summed E-state index contributed by atoms with van der Waals surface area (Å²) in [6, 6.07) is 6.28. The molecule has 1 aromatic carbocycles. The van der Waals surface area contributed by atoms with Gasteiger partial charge in [0.25, 0.3) is 0 Å². The van der Waals surface area contributed by atoms with Gasteiger partial charge in [0, 0.05) is 43.5 Å². The highest BCUT2D eigenvalue weighted by Gasteiger charge is 2.43. The van der Waals surface area contributed by atoms with Gasteiger partial charge in [-0.05, 0) is 54.7 Å². The molecule has 2 amide bonds. The summed E-state index contributed by atoms with van der Waals surface area (Å²) >= 11 is 6.05. The van der Waals surface area contributed by atoms with Crippen LogP contribution in [0, 0.1) is 11.3 Å². The van der Waals surface area contributed by atoms with Crippen molar-refractivity contribution in [3.05, 3.63) is 60.2 Å². The molecule has 2 atom stereocenters. The number of halogens is 1. The second-order valence-electron chi connectivity index (χ2n) is 10.7. The van der Waals surface area contributed by atoms with Gasteiger partial charge in [-0.3, -0.25) is 14.3 Å². The molecule has 0 bridgehead atoms. The van der Waals surface area contributed by atoms with E-state index in [0.29, 0.717) is 30.5 Å². The molecule has 4 rings (SSSR count). The number of carbonyl (C=O) groups excluding carboxylic acids is 2. The fourth-order valence-corrected chi connectivity index (χ4v) is 6.17. The van der Waals surface area contributed by atoms with Crippen molar-refractivity contribution in [1.29, 1.82) is 0 Å². The second-order valence-corrected chi connectivity index (χ2v) is 11.1. The van der Waals surface area contributed by atoms with Crippen LogP contribution < -0.4 is 11.1 Å². The second kappa shape index (κ2) is 12.7. The van der Waals surface area contributed by atoms with Gasteiger partial charge >= 0.3 is 0 Å². The Labute approximate surface area is 224 Å². The Hall–Kier alpha value is -2.71. The van der Waals surface area contributed by atoms with Crippen molar-refractivity contribution in [1.82, 2.24) is 25.0 Å². The molecule has 1 aliphatic carbocycles. The minimum atomic E-state index is -0.664. The first-order valence-corrected chi connectivity index (χ1v) is 13.8. The van der Waals surface area contributed by atoms with Crippen molar-refractivity contribution in [2.45, 2.75) is 76.4 Å². The number of likely N-dealkylation sites (tertiary alicyclic amines) is 1. The molecule has 9 heteroatoms. The molecular formula is C28H39ClN6O2. The lowest BCUT2D eigenvalue weighted by atomic mass is 9.63. The van der Waals surface area contributed by atoms with Gasteiger partial charge in [-0.2, -0.15) is 5.10 Å². The fraction of sp³-hybridized carbons (Fsp3) is 0.571.